The first-order valence-electron chi connectivity index (χ1n) is 9.18. The maximum Gasteiger partial charge on any atom is 0.270 e. The quantitative estimate of drug-likeness (QED) is 0.211. The molecule has 5 rings (SSSR count). The molecule has 1 amide bonds. The smallest absolute Gasteiger partial charge is 0.270 e. The third kappa shape index (κ3) is 2.80. The Bertz CT molecular complexity index is 1380. The van der Waals surface area contributed by atoms with Crippen molar-refractivity contribution in [1.29, 1.82) is 0 Å². The summed E-state index contributed by atoms with van der Waals surface area (Å²) in [5.41, 5.74) is 2.22. The van der Waals surface area contributed by atoms with Crippen LogP contribution in [0.2, 0.25) is 5.02 Å². The maximum atomic E-state index is 14.0. The second-order valence-corrected chi connectivity index (χ2v) is 11.7. The van der Waals surface area contributed by atoms with E-state index in [4.69, 9.17) is 28.6 Å². The number of rotatable bonds is 2. The highest BCUT2D eigenvalue weighted by Gasteiger charge is 2.44. The van der Waals surface area contributed by atoms with Gasteiger partial charge in [-0.3, -0.25) is 9.69 Å². The molecule has 4 aromatic rings. The first-order valence-corrected chi connectivity index (χ1v) is 12.9. The number of carbonyl (C=O) groups excluding carboxylic acids is 1. The van der Waals surface area contributed by atoms with Crippen molar-refractivity contribution < 1.29 is 9.53 Å². The van der Waals surface area contributed by atoms with Crippen molar-refractivity contribution in [3.05, 3.63) is 61.1 Å². The Morgan fingerprint density at radius 1 is 1.17 bits per heavy atom. The molecule has 0 unspecified atom stereocenters. The van der Waals surface area contributed by atoms with Crippen LogP contribution in [0, 0.1) is 3.82 Å². The monoisotopic (exact) mass is 489 g/mol. The number of hydrogen-bond donors (Lipinski definition) is 0. The van der Waals surface area contributed by atoms with Gasteiger partial charge >= 0.3 is 0 Å². The molecule has 0 aliphatic carbocycles. The minimum absolute atomic E-state index is 0.115. The van der Waals surface area contributed by atoms with Crippen LogP contribution in [0.5, 0.6) is 5.75 Å². The van der Waals surface area contributed by atoms with Gasteiger partial charge in [0.15, 0.2) is 0 Å². The summed E-state index contributed by atoms with van der Waals surface area (Å²) in [5.74, 6) is 0.578. The second-order valence-electron chi connectivity index (χ2n) is 7.48. The summed E-state index contributed by atoms with van der Waals surface area (Å²) in [6.07, 6.45) is 0. The topological polar surface area (TPSA) is 29.5 Å². The van der Waals surface area contributed by atoms with Crippen molar-refractivity contribution in [3.63, 3.8) is 0 Å². The molecule has 3 nitrogen and oxygen atoms in total. The lowest BCUT2D eigenvalue weighted by Crippen LogP contribution is -2.47. The first-order chi connectivity index (χ1) is 14.3. The van der Waals surface area contributed by atoms with Crippen LogP contribution in [0.15, 0.2) is 42.5 Å². The zero-order valence-electron chi connectivity index (χ0n) is 16.3. The maximum absolute atomic E-state index is 14.0. The molecule has 0 bridgehead atoms. The molecule has 0 spiro atoms. The lowest BCUT2D eigenvalue weighted by Gasteiger charge is -2.42. The molecule has 0 atom stereocenters. The fourth-order valence-corrected chi connectivity index (χ4v) is 8.67. The van der Waals surface area contributed by atoms with Gasteiger partial charge in [0.2, 0.25) is 0 Å². The Hall–Kier alpha value is -1.77. The number of anilines is 1. The molecule has 0 radical (unpaired) electrons. The summed E-state index contributed by atoms with van der Waals surface area (Å²) >= 11 is 13.8. The summed E-state index contributed by atoms with van der Waals surface area (Å²) in [7, 11) is 4.84. The number of ether oxygens (including phenoxy) is 1. The van der Waals surface area contributed by atoms with Crippen molar-refractivity contribution in [1.82, 2.24) is 0 Å². The van der Waals surface area contributed by atoms with E-state index >= 15 is 0 Å². The van der Waals surface area contributed by atoms with E-state index in [-0.39, 0.29) is 5.91 Å². The number of benzene rings is 2. The Balaban J connectivity index is 1.77. The van der Waals surface area contributed by atoms with Crippen molar-refractivity contribution in [2.75, 3.05) is 12.0 Å². The number of methoxy groups -OCH3 is 1. The van der Waals surface area contributed by atoms with Crippen LogP contribution < -0.4 is 9.64 Å². The zero-order valence-corrected chi connectivity index (χ0v) is 20.3. The molecule has 1 aliphatic rings. The van der Waals surface area contributed by atoms with Crippen LogP contribution in [0.25, 0.3) is 21.2 Å². The molecular formula is C22H16ClNO2S4. The van der Waals surface area contributed by atoms with E-state index in [2.05, 4.69) is 13.8 Å². The highest BCUT2D eigenvalue weighted by atomic mass is 35.5. The largest absolute Gasteiger partial charge is 0.497 e. The van der Waals surface area contributed by atoms with Gasteiger partial charge in [-0.25, -0.2) is 0 Å². The summed E-state index contributed by atoms with van der Waals surface area (Å²) < 4.78 is 7.32. The molecule has 2 aromatic carbocycles. The van der Waals surface area contributed by atoms with Gasteiger partial charge < -0.3 is 4.74 Å². The molecular weight excluding hydrogens is 474 g/mol. The van der Waals surface area contributed by atoms with Crippen LogP contribution in [0.3, 0.4) is 0 Å². The first kappa shape index (κ1) is 20.2. The van der Waals surface area contributed by atoms with Gasteiger partial charge in [-0.2, -0.15) is 0 Å². The van der Waals surface area contributed by atoms with Crippen LogP contribution in [-0.2, 0) is 5.54 Å². The number of amides is 1. The fourth-order valence-electron chi connectivity index (χ4n) is 3.95. The third-order valence-electron chi connectivity index (χ3n) is 5.39. The van der Waals surface area contributed by atoms with Crippen molar-refractivity contribution >= 4 is 77.5 Å². The molecule has 30 heavy (non-hydrogen) atoms. The van der Waals surface area contributed by atoms with E-state index in [1.165, 1.54) is 11.3 Å². The molecule has 152 valence electrons. The van der Waals surface area contributed by atoms with Crippen molar-refractivity contribution in [2.24, 2.45) is 0 Å². The summed E-state index contributed by atoms with van der Waals surface area (Å²) in [4.78, 5) is 17.5. The zero-order chi connectivity index (χ0) is 21.2. The lowest BCUT2D eigenvalue weighted by molar-refractivity contribution is 0.0966. The van der Waals surface area contributed by atoms with Crippen molar-refractivity contribution in [3.8, 4) is 16.9 Å². The molecule has 1 aliphatic heterocycles. The second kappa shape index (κ2) is 7.14. The molecule has 2 aromatic heterocycles. The van der Waals surface area contributed by atoms with Gasteiger partial charge in [0.05, 0.1) is 28.2 Å². The van der Waals surface area contributed by atoms with Crippen molar-refractivity contribution in [2.45, 2.75) is 19.4 Å². The predicted octanol–water partition coefficient (Wildman–Crippen LogP) is 7.98. The summed E-state index contributed by atoms with van der Waals surface area (Å²) in [6, 6.07) is 13.6. The number of hydrogen-bond acceptors (Lipinski definition) is 6. The van der Waals surface area contributed by atoms with Crippen LogP contribution in [0.4, 0.5) is 5.69 Å². The van der Waals surface area contributed by atoms with Crippen LogP contribution >= 0.6 is 55.8 Å². The third-order valence-corrected chi connectivity index (χ3v) is 10.4. The molecule has 0 fully saturated rings. The standard InChI is InChI=1S/C22H16ClNO2S4/c1-22(2)19-16(21(27)30-29-19)12-9-8-11(26-3)10-14(12)24(22)20(25)18-17(23)13-6-4-5-7-15(13)28-18/h4-10H,1-3H3. The van der Waals surface area contributed by atoms with Crippen LogP contribution in [-0.4, -0.2) is 13.0 Å². The number of carbonyl (C=O) groups is 1. The predicted molar refractivity (Wildman–Crippen MR) is 132 cm³/mol. The molecule has 3 heterocycles. The number of thiophene rings is 1. The SMILES string of the molecule is COc1ccc2c(c1)N(C(=O)c1sc3ccccc3c1Cl)C(C)(C)c1ssc(=S)c1-2. The Kier molecular flexibility index (Phi) is 4.79. The van der Waals surface area contributed by atoms with E-state index in [1.54, 1.807) is 27.8 Å². The minimum atomic E-state index is -0.580. The molecule has 0 N–H and O–H groups in total. The summed E-state index contributed by atoms with van der Waals surface area (Å²) in [6.45, 7) is 4.12. The Morgan fingerprint density at radius 2 is 1.93 bits per heavy atom. The number of nitrogens with zero attached hydrogens (tertiary/aromatic N) is 1. The highest BCUT2D eigenvalue weighted by Crippen LogP contribution is 2.53. The molecule has 8 heteroatoms. The van der Waals surface area contributed by atoms with E-state index < -0.39 is 5.54 Å². The van der Waals surface area contributed by atoms with Gasteiger partial charge in [0, 0.05) is 27.3 Å². The summed E-state index contributed by atoms with van der Waals surface area (Å²) in [5, 5.41) is 1.41. The van der Waals surface area contributed by atoms with E-state index in [1.807, 2.05) is 47.4 Å². The van der Waals surface area contributed by atoms with Gasteiger partial charge in [-0.1, -0.05) is 62.7 Å². The Morgan fingerprint density at radius 3 is 2.67 bits per heavy atom. The average Bonchev–Trinajstić information content (AvgIpc) is 3.29. The van der Waals surface area contributed by atoms with E-state index in [9.17, 15) is 4.79 Å². The Labute approximate surface area is 195 Å². The number of halogens is 1. The van der Waals surface area contributed by atoms with E-state index in [0.717, 1.165) is 35.6 Å². The van der Waals surface area contributed by atoms with Crippen LogP contribution in [0.1, 0.15) is 28.4 Å². The highest BCUT2D eigenvalue weighted by molar-refractivity contribution is 7.80. The normalized spacial score (nSPS) is 14.5. The van der Waals surface area contributed by atoms with Gasteiger partial charge in [0.25, 0.3) is 5.91 Å². The van der Waals surface area contributed by atoms with Gasteiger partial charge in [-0.05, 0) is 32.0 Å². The minimum Gasteiger partial charge on any atom is -0.497 e. The molecule has 0 saturated carbocycles. The molecule has 0 saturated heterocycles. The van der Waals surface area contributed by atoms with Gasteiger partial charge in [0.1, 0.15) is 14.5 Å². The van der Waals surface area contributed by atoms with Gasteiger partial charge in [-0.15, -0.1) is 11.3 Å². The van der Waals surface area contributed by atoms with E-state index in [0.29, 0.717) is 15.6 Å². The fraction of sp³-hybridized carbons (Fsp3) is 0.182. The lowest BCUT2D eigenvalue weighted by atomic mass is 9.87. The average molecular weight is 490 g/mol. The number of fused-ring (bicyclic) bond motifs is 4.